The van der Waals surface area contributed by atoms with Crippen molar-refractivity contribution in [2.75, 3.05) is 5.33 Å². The van der Waals surface area contributed by atoms with Crippen LogP contribution in [0.2, 0.25) is 0 Å². The molecule has 2 nitrogen and oxygen atoms in total. The molecule has 0 atom stereocenters. The van der Waals surface area contributed by atoms with E-state index in [1.165, 1.54) is 12.1 Å². The van der Waals surface area contributed by atoms with Crippen molar-refractivity contribution in [2.24, 2.45) is 0 Å². The highest BCUT2D eigenvalue weighted by molar-refractivity contribution is 9.09. The number of halogens is 2. The van der Waals surface area contributed by atoms with Crippen molar-refractivity contribution < 1.29 is 14.3 Å². The fourth-order valence-electron chi connectivity index (χ4n) is 1.14. The molecule has 0 bridgehead atoms. The number of rotatable bonds is 4. The zero-order valence-corrected chi connectivity index (χ0v) is 9.50. The Labute approximate surface area is 95.6 Å². The molecule has 0 aliphatic heterocycles. The second-order valence-corrected chi connectivity index (χ2v) is 3.71. The van der Waals surface area contributed by atoms with Crippen LogP contribution in [0, 0.1) is 5.82 Å². The maximum absolute atomic E-state index is 12.9. The molecule has 0 radical (unpaired) electrons. The second-order valence-electron chi connectivity index (χ2n) is 2.92. The molecular formula is C11H10BrFO2. The van der Waals surface area contributed by atoms with E-state index in [9.17, 15) is 9.18 Å². The van der Waals surface area contributed by atoms with E-state index in [2.05, 4.69) is 15.9 Å². The Morgan fingerprint density at radius 3 is 2.87 bits per heavy atom. The molecular weight excluding hydrogens is 263 g/mol. The van der Waals surface area contributed by atoms with Crippen LogP contribution in [-0.2, 0) is 0 Å². The summed E-state index contributed by atoms with van der Waals surface area (Å²) in [6.07, 6.45) is 4.19. The Balaban J connectivity index is 3.02. The van der Waals surface area contributed by atoms with Crippen LogP contribution in [0.15, 0.2) is 24.3 Å². The topological polar surface area (TPSA) is 37.3 Å². The lowest BCUT2D eigenvalue weighted by Crippen LogP contribution is -1.99. The highest BCUT2D eigenvalue weighted by Gasteiger charge is 2.08. The van der Waals surface area contributed by atoms with Crippen LogP contribution in [0.1, 0.15) is 22.3 Å². The molecule has 0 aliphatic rings. The second kappa shape index (κ2) is 5.66. The molecule has 0 saturated heterocycles. The van der Waals surface area contributed by atoms with Gasteiger partial charge in [-0.1, -0.05) is 28.1 Å². The summed E-state index contributed by atoms with van der Waals surface area (Å²) in [6, 6.07) is 3.63. The highest BCUT2D eigenvalue weighted by Crippen LogP contribution is 2.13. The Morgan fingerprint density at radius 2 is 2.27 bits per heavy atom. The van der Waals surface area contributed by atoms with Gasteiger partial charge in [0, 0.05) is 5.33 Å². The first-order valence-corrected chi connectivity index (χ1v) is 5.52. The Morgan fingerprint density at radius 1 is 1.53 bits per heavy atom. The van der Waals surface area contributed by atoms with Crippen molar-refractivity contribution in [3.63, 3.8) is 0 Å². The van der Waals surface area contributed by atoms with E-state index in [1.54, 1.807) is 12.2 Å². The van der Waals surface area contributed by atoms with Gasteiger partial charge in [0.05, 0.1) is 5.56 Å². The predicted octanol–water partition coefficient (Wildman–Crippen LogP) is 3.32. The molecule has 0 unspecified atom stereocenters. The van der Waals surface area contributed by atoms with Crippen molar-refractivity contribution in [1.82, 2.24) is 0 Å². The molecule has 1 N–H and O–H groups in total. The molecule has 1 aromatic carbocycles. The van der Waals surface area contributed by atoms with E-state index in [-0.39, 0.29) is 5.56 Å². The highest BCUT2D eigenvalue weighted by atomic mass is 79.9. The minimum absolute atomic E-state index is 0.113. The molecule has 4 heteroatoms. The standard InChI is InChI=1S/C11H10BrFO2/c12-6-2-1-3-8-7-9(13)4-5-10(8)11(14)15/h1,3-5,7H,2,6H2,(H,14,15). The van der Waals surface area contributed by atoms with E-state index in [1.807, 2.05) is 0 Å². The number of carboxylic acids is 1. The number of alkyl halides is 1. The largest absolute Gasteiger partial charge is 0.478 e. The third kappa shape index (κ3) is 3.47. The molecule has 0 amide bonds. The van der Waals surface area contributed by atoms with E-state index in [0.717, 1.165) is 17.8 Å². The molecule has 0 fully saturated rings. The van der Waals surface area contributed by atoms with Crippen LogP contribution in [0.3, 0.4) is 0 Å². The third-order valence-electron chi connectivity index (χ3n) is 1.82. The van der Waals surface area contributed by atoms with Gasteiger partial charge in [-0.3, -0.25) is 0 Å². The number of carbonyl (C=O) groups is 1. The lowest BCUT2D eigenvalue weighted by molar-refractivity contribution is 0.0696. The lowest BCUT2D eigenvalue weighted by atomic mass is 10.1. The Bertz CT molecular complexity index is 388. The SMILES string of the molecule is O=C(O)c1ccc(F)cc1C=CCCBr. The lowest BCUT2D eigenvalue weighted by Gasteiger charge is -2.00. The quantitative estimate of drug-likeness (QED) is 0.854. The van der Waals surface area contributed by atoms with Gasteiger partial charge in [0.1, 0.15) is 5.82 Å². The van der Waals surface area contributed by atoms with Crippen LogP contribution >= 0.6 is 15.9 Å². The number of allylic oxidation sites excluding steroid dienone is 1. The predicted molar refractivity (Wildman–Crippen MR) is 60.8 cm³/mol. The number of benzene rings is 1. The van der Waals surface area contributed by atoms with Gasteiger partial charge in [0.25, 0.3) is 0 Å². The van der Waals surface area contributed by atoms with Crippen molar-refractivity contribution in [2.45, 2.75) is 6.42 Å². The molecule has 0 aliphatic carbocycles. The van der Waals surface area contributed by atoms with Crippen molar-refractivity contribution in [3.05, 3.63) is 41.2 Å². The summed E-state index contributed by atoms with van der Waals surface area (Å²) >= 11 is 3.24. The Kier molecular flexibility index (Phi) is 4.49. The minimum atomic E-state index is -1.05. The first kappa shape index (κ1) is 11.9. The number of aromatic carboxylic acids is 1. The summed E-state index contributed by atoms with van der Waals surface area (Å²) in [4.78, 5) is 10.8. The van der Waals surface area contributed by atoms with Gasteiger partial charge in [0.15, 0.2) is 0 Å². The summed E-state index contributed by atoms with van der Waals surface area (Å²) < 4.78 is 12.9. The van der Waals surface area contributed by atoms with Crippen molar-refractivity contribution in [1.29, 1.82) is 0 Å². The first-order chi connectivity index (χ1) is 7.15. The van der Waals surface area contributed by atoms with Crippen molar-refractivity contribution >= 4 is 28.0 Å². The van der Waals surface area contributed by atoms with Gasteiger partial charge in [-0.25, -0.2) is 9.18 Å². The minimum Gasteiger partial charge on any atom is -0.478 e. The number of carboxylic acid groups (broad SMARTS) is 1. The summed E-state index contributed by atoms with van der Waals surface area (Å²) in [5, 5.41) is 9.64. The van der Waals surface area contributed by atoms with Crippen LogP contribution < -0.4 is 0 Å². The van der Waals surface area contributed by atoms with Crippen LogP contribution in [0.4, 0.5) is 4.39 Å². The van der Waals surface area contributed by atoms with Crippen LogP contribution in [-0.4, -0.2) is 16.4 Å². The molecule has 80 valence electrons. The summed E-state index contributed by atoms with van der Waals surface area (Å²) in [5.74, 6) is -1.48. The fourth-order valence-corrected chi connectivity index (χ4v) is 1.40. The van der Waals surface area contributed by atoms with Gasteiger partial charge in [-0.2, -0.15) is 0 Å². The monoisotopic (exact) mass is 272 g/mol. The van der Waals surface area contributed by atoms with Gasteiger partial charge in [0.2, 0.25) is 0 Å². The van der Waals surface area contributed by atoms with Gasteiger partial charge in [-0.05, 0) is 30.2 Å². The number of hydrogen-bond acceptors (Lipinski definition) is 1. The maximum Gasteiger partial charge on any atom is 0.336 e. The molecule has 0 saturated carbocycles. The van der Waals surface area contributed by atoms with Gasteiger partial charge >= 0.3 is 5.97 Å². The number of hydrogen-bond donors (Lipinski definition) is 1. The first-order valence-electron chi connectivity index (χ1n) is 4.40. The van der Waals surface area contributed by atoms with E-state index in [0.29, 0.717) is 5.56 Å². The molecule has 1 rings (SSSR count). The molecule has 0 heterocycles. The van der Waals surface area contributed by atoms with E-state index < -0.39 is 11.8 Å². The molecule has 0 aromatic heterocycles. The third-order valence-corrected chi connectivity index (χ3v) is 2.28. The van der Waals surface area contributed by atoms with Crippen LogP contribution in [0.25, 0.3) is 6.08 Å². The zero-order chi connectivity index (χ0) is 11.3. The molecule has 15 heavy (non-hydrogen) atoms. The Hall–Kier alpha value is -1.16. The average Bonchev–Trinajstić information content (AvgIpc) is 2.18. The van der Waals surface area contributed by atoms with E-state index in [4.69, 9.17) is 5.11 Å². The van der Waals surface area contributed by atoms with Gasteiger partial charge in [-0.15, -0.1) is 0 Å². The molecule has 1 aromatic rings. The normalized spacial score (nSPS) is 10.8. The van der Waals surface area contributed by atoms with Gasteiger partial charge < -0.3 is 5.11 Å². The molecule has 0 spiro atoms. The average molecular weight is 273 g/mol. The smallest absolute Gasteiger partial charge is 0.336 e. The van der Waals surface area contributed by atoms with Crippen molar-refractivity contribution in [3.8, 4) is 0 Å². The summed E-state index contributed by atoms with van der Waals surface area (Å²) in [5.41, 5.74) is 0.505. The fraction of sp³-hybridized carbons (Fsp3) is 0.182. The zero-order valence-electron chi connectivity index (χ0n) is 7.91. The summed E-state index contributed by atoms with van der Waals surface area (Å²) in [6.45, 7) is 0. The summed E-state index contributed by atoms with van der Waals surface area (Å²) in [7, 11) is 0. The van der Waals surface area contributed by atoms with E-state index >= 15 is 0 Å². The maximum atomic E-state index is 12.9. The van der Waals surface area contributed by atoms with Crippen LogP contribution in [0.5, 0.6) is 0 Å².